The summed E-state index contributed by atoms with van der Waals surface area (Å²) < 4.78 is 9.91. The van der Waals surface area contributed by atoms with E-state index in [9.17, 15) is 9.59 Å². The SMILES string of the molecule is CC.CC.CCOC(=O)c1cc(C)c(C(=O)OCC)cc1C. The van der Waals surface area contributed by atoms with Crippen LogP contribution in [0.15, 0.2) is 12.1 Å². The molecule has 1 aromatic carbocycles. The fourth-order valence-corrected chi connectivity index (χ4v) is 1.67. The lowest BCUT2D eigenvalue weighted by Gasteiger charge is -2.10. The van der Waals surface area contributed by atoms with Crippen LogP contribution in [0.25, 0.3) is 0 Å². The van der Waals surface area contributed by atoms with Gasteiger partial charge in [-0.25, -0.2) is 9.59 Å². The van der Waals surface area contributed by atoms with E-state index in [-0.39, 0.29) is 11.9 Å². The molecule has 0 aromatic heterocycles. The topological polar surface area (TPSA) is 52.6 Å². The highest BCUT2D eigenvalue weighted by Gasteiger charge is 2.16. The summed E-state index contributed by atoms with van der Waals surface area (Å²) in [5.41, 5.74) is 2.40. The minimum absolute atomic E-state index is 0.330. The number of esters is 2. The van der Waals surface area contributed by atoms with Crippen molar-refractivity contribution in [2.24, 2.45) is 0 Å². The smallest absolute Gasteiger partial charge is 0.338 e. The second-order valence-corrected chi connectivity index (χ2v) is 3.92. The molecule has 0 aliphatic heterocycles. The maximum Gasteiger partial charge on any atom is 0.338 e. The molecule has 0 radical (unpaired) electrons. The summed E-state index contributed by atoms with van der Waals surface area (Å²) in [5, 5.41) is 0. The Morgan fingerprint density at radius 2 is 1.05 bits per heavy atom. The van der Waals surface area contributed by atoms with E-state index in [1.165, 1.54) is 0 Å². The second kappa shape index (κ2) is 12.9. The average molecular weight is 310 g/mol. The molecule has 0 atom stereocenters. The summed E-state index contributed by atoms with van der Waals surface area (Å²) >= 11 is 0. The molecular formula is C18H30O4. The van der Waals surface area contributed by atoms with Gasteiger partial charge in [-0.1, -0.05) is 27.7 Å². The van der Waals surface area contributed by atoms with Crippen molar-refractivity contribution < 1.29 is 19.1 Å². The Morgan fingerprint density at radius 3 is 1.27 bits per heavy atom. The Morgan fingerprint density at radius 1 is 0.773 bits per heavy atom. The van der Waals surface area contributed by atoms with E-state index in [2.05, 4.69) is 0 Å². The van der Waals surface area contributed by atoms with Crippen molar-refractivity contribution in [3.05, 3.63) is 34.4 Å². The van der Waals surface area contributed by atoms with Gasteiger partial charge in [0.15, 0.2) is 0 Å². The summed E-state index contributed by atoms with van der Waals surface area (Å²) in [6.45, 7) is 15.7. The van der Waals surface area contributed by atoms with E-state index in [4.69, 9.17) is 9.47 Å². The van der Waals surface area contributed by atoms with Gasteiger partial charge in [0.1, 0.15) is 0 Å². The number of carbonyl (C=O) groups excluding carboxylic acids is 2. The molecule has 0 fully saturated rings. The second-order valence-electron chi connectivity index (χ2n) is 3.92. The molecule has 126 valence electrons. The van der Waals surface area contributed by atoms with Crippen molar-refractivity contribution in [2.45, 2.75) is 55.4 Å². The normalized spacial score (nSPS) is 8.73. The molecule has 0 spiro atoms. The third kappa shape index (κ3) is 6.74. The van der Waals surface area contributed by atoms with Crippen molar-refractivity contribution in [3.63, 3.8) is 0 Å². The fourth-order valence-electron chi connectivity index (χ4n) is 1.67. The largest absolute Gasteiger partial charge is 0.462 e. The lowest BCUT2D eigenvalue weighted by atomic mass is 10.00. The van der Waals surface area contributed by atoms with Gasteiger partial charge >= 0.3 is 11.9 Å². The summed E-state index contributed by atoms with van der Waals surface area (Å²) in [6, 6.07) is 3.33. The summed E-state index contributed by atoms with van der Waals surface area (Å²) in [7, 11) is 0. The lowest BCUT2D eigenvalue weighted by Crippen LogP contribution is -2.11. The Hall–Kier alpha value is -1.84. The minimum atomic E-state index is -0.367. The molecule has 4 heteroatoms. The van der Waals surface area contributed by atoms with Crippen molar-refractivity contribution in [1.82, 2.24) is 0 Å². The molecule has 22 heavy (non-hydrogen) atoms. The van der Waals surface area contributed by atoms with E-state index in [0.29, 0.717) is 35.5 Å². The summed E-state index contributed by atoms with van der Waals surface area (Å²) in [5.74, 6) is -0.734. The van der Waals surface area contributed by atoms with Gasteiger partial charge in [-0.2, -0.15) is 0 Å². The lowest BCUT2D eigenvalue weighted by molar-refractivity contribution is 0.0510. The number of hydrogen-bond donors (Lipinski definition) is 0. The van der Waals surface area contributed by atoms with Crippen molar-refractivity contribution in [3.8, 4) is 0 Å². The highest BCUT2D eigenvalue weighted by atomic mass is 16.5. The zero-order valence-corrected chi connectivity index (χ0v) is 15.2. The Balaban J connectivity index is 0. The molecule has 4 nitrogen and oxygen atoms in total. The zero-order valence-electron chi connectivity index (χ0n) is 15.2. The molecule has 1 rings (SSSR count). The molecule has 0 aliphatic rings. The van der Waals surface area contributed by atoms with Gasteiger partial charge in [0, 0.05) is 0 Å². The molecule has 0 saturated carbocycles. The van der Waals surface area contributed by atoms with Crippen LogP contribution in [0.5, 0.6) is 0 Å². The first kappa shape index (κ1) is 22.4. The molecular weight excluding hydrogens is 280 g/mol. The molecule has 0 unspecified atom stereocenters. The van der Waals surface area contributed by atoms with Crippen LogP contribution in [0, 0.1) is 13.8 Å². The first-order valence-electron chi connectivity index (χ1n) is 7.96. The molecule has 1 aromatic rings. The van der Waals surface area contributed by atoms with Gasteiger partial charge in [-0.3, -0.25) is 0 Å². The predicted octanol–water partition coefficient (Wildman–Crippen LogP) is 4.71. The molecule has 0 bridgehead atoms. The number of benzene rings is 1. The van der Waals surface area contributed by atoms with Gasteiger partial charge in [-0.05, 0) is 51.0 Å². The van der Waals surface area contributed by atoms with Gasteiger partial charge in [0.2, 0.25) is 0 Å². The third-order valence-electron chi connectivity index (χ3n) is 2.56. The number of hydrogen-bond acceptors (Lipinski definition) is 4. The van der Waals surface area contributed by atoms with E-state index >= 15 is 0 Å². The Kier molecular flexibility index (Phi) is 13.1. The van der Waals surface area contributed by atoms with Gasteiger partial charge in [0.25, 0.3) is 0 Å². The maximum atomic E-state index is 11.7. The number of carbonyl (C=O) groups is 2. The Bertz CT molecular complexity index is 421. The van der Waals surface area contributed by atoms with Gasteiger partial charge in [-0.15, -0.1) is 0 Å². The van der Waals surface area contributed by atoms with Gasteiger partial charge in [0.05, 0.1) is 24.3 Å². The first-order valence-corrected chi connectivity index (χ1v) is 7.96. The van der Waals surface area contributed by atoms with Crippen molar-refractivity contribution >= 4 is 11.9 Å². The minimum Gasteiger partial charge on any atom is -0.462 e. The number of ether oxygens (including phenoxy) is 2. The summed E-state index contributed by atoms with van der Waals surface area (Å²) in [6.07, 6.45) is 0. The highest BCUT2D eigenvalue weighted by molar-refractivity contribution is 5.96. The monoisotopic (exact) mass is 310 g/mol. The van der Waals surface area contributed by atoms with Crippen LogP contribution in [-0.4, -0.2) is 25.2 Å². The standard InChI is InChI=1S/C14H18O4.2C2H6/c1-5-17-13(15)11-7-10(4)12(8-9(11)3)14(16)18-6-2;2*1-2/h7-8H,5-6H2,1-4H3;2*1-2H3. The van der Waals surface area contributed by atoms with Crippen molar-refractivity contribution in [1.29, 1.82) is 0 Å². The number of rotatable bonds is 4. The molecule has 0 heterocycles. The van der Waals surface area contributed by atoms with E-state index in [1.54, 1.807) is 39.8 Å². The number of aryl methyl sites for hydroxylation is 2. The van der Waals surface area contributed by atoms with Crippen LogP contribution in [0.3, 0.4) is 0 Å². The predicted molar refractivity (Wildman–Crippen MR) is 90.5 cm³/mol. The zero-order chi connectivity index (χ0) is 17.7. The quantitative estimate of drug-likeness (QED) is 0.756. The van der Waals surface area contributed by atoms with Crippen molar-refractivity contribution in [2.75, 3.05) is 13.2 Å². The Labute approximate surface area is 134 Å². The van der Waals surface area contributed by atoms with E-state index < -0.39 is 0 Å². The van der Waals surface area contributed by atoms with Crippen LogP contribution >= 0.6 is 0 Å². The summed E-state index contributed by atoms with van der Waals surface area (Å²) in [4.78, 5) is 23.4. The average Bonchev–Trinajstić information content (AvgIpc) is 2.53. The van der Waals surface area contributed by atoms with E-state index in [0.717, 1.165) is 0 Å². The fraction of sp³-hybridized carbons (Fsp3) is 0.556. The van der Waals surface area contributed by atoms with Crippen LogP contribution in [0.2, 0.25) is 0 Å². The van der Waals surface area contributed by atoms with Crippen LogP contribution < -0.4 is 0 Å². The molecule has 0 saturated heterocycles. The van der Waals surface area contributed by atoms with Gasteiger partial charge < -0.3 is 9.47 Å². The maximum absolute atomic E-state index is 11.7. The highest BCUT2D eigenvalue weighted by Crippen LogP contribution is 2.18. The molecule has 0 amide bonds. The molecule has 0 N–H and O–H groups in total. The van der Waals surface area contributed by atoms with Crippen LogP contribution in [0.1, 0.15) is 73.4 Å². The third-order valence-corrected chi connectivity index (χ3v) is 2.56. The van der Waals surface area contributed by atoms with E-state index in [1.807, 2.05) is 27.7 Å². The van der Waals surface area contributed by atoms with Crippen LogP contribution in [-0.2, 0) is 9.47 Å². The first-order chi connectivity index (χ1) is 10.5. The molecule has 0 aliphatic carbocycles. The van der Waals surface area contributed by atoms with Crippen LogP contribution in [0.4, 0.5) is 0 Å².